The summed E-state index contributed by atoms with van der Waals surface area (Å²) < 4.78 is 2.80. The second-order valence-corrected chi connectivity index (χ2v) is 4.98. The van der Waals surface area contributed by atoms with E-state index in [2.05, 4.69) is 26.1 Å². The summed E-state index contributed by atoms with van der Waals surface area (Å²) in [6.07, 6.45) is 4.35. The van der Waals surface area contributed by atoms with Crippen molar-refractivity contribution >= 4 is 0 Å². The van der Waals surface area contributed by atoms with E-state index in [1.54, 1.807) is 19.4 Å². The minimum Gasteiger partial charge on any atom is -0.312 e. The Morgan fingerprint density at radius 1 is 1.22 bits per heavy atom. The first-order chi connectivity index (χ1) is 8.47. The van der Waals surface area contributed by atoms with Gasteiger partial charge in [0.25, 0.3) is 0 Å². The zero-order valence-corrected chi connectivity index (χ0v) is 11.6. The van der Waals surface area contributed by atoms with Crippen LogP contribution in [0.3, 0.4) is 0 Å². The number of aromatic nitrogens is 2. The zero-order valence-electron chi connectivity index (χ0n) is 11.6. The zero-order chi connectivity index (χ0) is 13.7. The van der Waals surface area contributed by atoms with Crippen LogP contribution in [0.4, 0.5) is 0 Å². The van der Waals surface area contributed by atoms with Crippen molar-refractivity contribution in [3.63, 3.8) is 0 Å². The van der Waals surface area contributed by atoms with E-state index in [-0.39, 0.29) is 6.04 Å². The Hall–Kier alpha value is -1.36. The van der Waals surface area contributed by atoms with E-state index in [0.717, 1.165) is 13.0 Å². The van der Waals surface area contributed by atoms with Crippen molar-refractivity contribution < 1.29 is 0 Å². The predicted molar refractivity (Wildman–Crippen MR) is 72.9 cm³/mol. The number of aryl methyl sites for hydroxylation is 1. The third kappa shape index (κ3) is 3.57. The second kappa shape index (κ2) is 6.54. The summed E-state index contributed by atoms with van der Waals surface area (Å²) in [6, 6.07) is 0.203. The van der Waals surface area contributed by atoms with Gasteiger partial charge < -0.3 is 14.5 Å². The van der Waals surface area contributed by atoms with E-state index in [1.165, 1.54) is 9.13 Å². The molecule has 1 N–H and O–H groups in total. The highest BCUT2D eigenvalue weighted by Crippen LogP contribution is 2.03. The second-order valence-electron chi connectivity index (χ2n) is 4.98. The van der Waals surface area contributed by atoms with Crippen molar-refractivity contribution in [2.45, 2.75) is 39.8 Å². The van der Waals surface area contributed by atoms with Gasteiger partial charge in [-0.1, -0.05) is 20.8 Å². The Morgan fingerprint density at radius 2 is 1.89 bits per heavy atom. The highest BCUT2D eigenvalue weighted by molar-refractivity contribution is 4.86. The smallest absolute Gasteiger partial charge is 0.312 e. The van der Waals surface area contributed by atoms with Gasteiger partial charge in [0, 0.05) is 32.0 Å². The summed E-state index contributed by atoms with van der Waals surface area (Å²) in [4.78, 5) is 23.4. The molecule has 0 amide bonds. The molecule has 5 nitrogen and oxygen atoms in total. The topological polar surface area (TPSA) is 56.0 Å². The Balaban J connectivity index is 2.91. The average Bonchev–Trinajstić information content (AvgIpc) is 2.33. The van der Waals surface area contributed by atoms with Gasteiger partial charge in [0.15, 0.2) is 0 Å². The molecule has 1 atom stereocenters. The Bertz CT molecular complexity index is 488. The van der Waals surface area contributed by atoms with Crippen molar-refractivity contribution in [2.24, 2.45) is 13.0 Å². The van der Waals surface area contributed by atoms with Gasteiger partial charge in [-0.25, -0.2) is 0 Å². The van der Waals surface area contributed by atoms with Crippen LogP contribution >= 0.6 is 0 Å². The molecule has 0 bridgehead atoms. The average molecular weight is 253 g/mol. The molecule has 1 rings (SSSR count). The molecule has 0 aliphatic heterocycles. The molecule has 0 saturated carbocycles. The first-order valence-electron chi connectivity index (χ1n) is 6.46. The summed E-state index contributed by atoms with van der Waals surface area (Å²) in [5.41, 5.74) is -0.931. The molecule has 18 heavy (non-hydrogen) atoms. The number of rotatable bonds is 6. The first-order valence-corrected chi connectivity index (χ1v) is 6.46. The lowest BCUT2D eigenvalue weighted by Crippen LogP contribution is -2.45. The lowest BCUT2D eigenvalue weighted by Gasteiger charge is -2.23. The van der Waals surface area contributed by atoms with Crippen LogP contribution < -0.4 is 16.4 Å². The van der Waals surface area contributed by atoms with E-state index >= 15 is 0 Å². The molecule has 0 saturated heterocycles. The summed E-state index contributed by atoms with van der Waals surface area (Å²) in [7, 11) is 1.59. The fraction of sp³-hybridized carbons (Fsp3) is 0.692. The third-order valence-corrected chi connectivity index (χ3v) is 3.09. The molecule has 0 aromatic carbocycles. The van der Waals surface area contributed by atoms with Crippen molar-refractivity contribution in [3.8, 4) is 0 Å². The van der Waals surface area contributed by atoms with E-state index < -0.39 is 11.1 Å². The molecule has 0 fully saturated rings. The molecule has 1 unspecified atom stereocenters. The molecule has 0 aliphatic rings. The summed E-state index contributed by atoms with van der Waals surface area (Å²) >= 11 is 0. The van der Waals surface area contributed by atoms with Crippen LogP contribution in [0.15, 0.2) is 22.0 Å². The van der Waals surface area contributed by atoms with Gasteiger partial charge in [-0.3, -0.25) is 9.59 Å². The predicted octanol–water partition coefficient (Wildman–Crippen LogP) is 0.571. The largest absolute Gasteiger partial charge is 0.316 e. The Kier molecular flexibility index (Phi) is 5.34. The molecule has 1 heterocycles. The minimum atomic E-state index is -0.476. The van der Waals surface area contributed by atoms with Crippen LogP contribution in [0, 0.1) is 5.92 Å². The van der Waals surface area contributed by atoms with Gasteiger partial charge in [-0.2, -0.15) is 0 Å². The normalized spacial score (nSPS) is 12.9. The fourth-order valence-electron chi connectivity index (χ4n) is 1.79. The van der Waals surface area contributed by atoms with Crippen LogP contribution in [0.5, 0.6) is 0 Å². The van der Waals surface area contributed by atoms with Gasteiger partial charge in [-0.15, -0.1) is 0 Å². The highest BCUT2D eigenvalue weighted by atomic mass is 16.2. The van der Waals surface area contributed by atoms with Crippen molar-refractivity contribution in [2.75, 3.05) is 6.54 Å². The number of hydrogen-bond donors (Lipinski definition) is 1. The molecule has 0 spiro atoms. The van der Waals surface area contributed by atoms with Gasteiger partial charge in [0.2, 0.25) is 0 Å². The van der Waals surface area contributed by atoms with Crippen LogP contribution in [0.2, 0.25) is 0 Å². The molecule has 0 aliphatic carbocycles. The Morgan fingerprint density at radius 3 is 2.44 bits per heavy atom. The number of nitrogens with zero attached hydrogens (tertiary/aromatic N) is 2. The maximum atomic E-state index is 11.8. The molecule has 1 aromatic heterocycles. The van der Waals surface area contributed by atoms with Gasteiger partial charge in [0.05, 0.1) is 0 Å². The van der Waals surface area contributed by atoms with Gasteiger partial charge >= 0.3 is 11.1 Å². The maximum absolute atomic E-state index is 11.8. The van der Waals surface area contributed by atoms with E-state index in [0.29, 0.717) is 12.5 Å². The lowest BCUT2D eigenvalue weighted by atomic mass is 10.0. The summed E-state index contributed by atoms with van der Waals surface area (Å²) in [5, 5.41) is 3.41. The van der Waals surface area contributed by atoms with Gasteiger partial charge in [0.1, 0.15) is 0 Å². The quantitative estimate of drug-likeness (QED) is 0.754. The molecular weight excluding hydrogens is 230 g/mol. The standard InChI is InChI=1S/C13H23N3O2/c1-5-6-14-11(10(2)3)9-16-8-7-15(4)12(17)13(16)18/h7-8,10-11,14H,5-6,9H2,1-4H3. The van der Waals surface area contributed by atoms with Crippen LogP contribution in [-0.4, -0.2) is 21.7 Å². The maximum Gasteiger partial charge on any atom is 0.316 e. The summed E-state index contributed by atoms with van der Waals surface area (Å²) in [5.74, 6) is 0.410. The summed E-state index contributed by atoms with van der Waals surface area (Å²) in [6.45, 7) is 7.78. The molecule has 0 radical (unpaired) electrons. The van der Waals surface area contributed by atoms with E-state index in [4.69, 9.17) is 0 Å². The Labute approximate surface area is 107 Å². The third-order valence-electron chi connectivity index (χ3n) is 3.09. The lowest BCUT2D eigenvalue weighted by molar-refractivity contribution is 0.350. The van der Waals surface area contributed by atoms with Crippen molar-refractivity contribution in [3.05, 3.63) is 33.1 Å². The van der Waals surface area contributed by atoms with Crippen LogP contribution in [0.1, 0.15) is 27.2 Å². The highest BCUT2D eigenvalue weighted by Gasteiger charge is 2.14. The van der Waals surface area contributed by atoms with Crippen LogP contribution in [0.25, 0.3) is 0 Å². The SMILES string of the molecule is CCCNC(Cn1ccn(C)c(=O)c1=O)C(C)C. The van der Waals surface area contributed by atoms with Crippen molar-refractivity contribution in [1.29, 1.82) is 0 Å². The number of nitrogens with one attached hydrogen (secondary N) is 1. The molecule has 5 heteroatoms. The molecule has 102 valence electrons. The molecular formula is C13H23N3O2. The minimum absolute atomic E-state index is 0.203. The van der Waals surface area contributed by atoms with Gasteiger partial charge in [-0.05, 0) is 18.9 Å². The monoisotopic (exact) mass is 253 g/mol. The van der Waals surface area contributed by atoms with E-state index in [1.807, 2.05) is 0 Å². The molecule has 1 aromatic rings. The fourth-order valence-corrected chi connectivity index (χ4v) is 1.79. The number of hydrogen-bond acceptors (Lipinski definition) is 3. The van der Waals surface area contributed by atoms with Crippen molar-refractivity contribution in [1.82, 2.24) is 14.5 Å². The van der Waals surface area contributed by atoms with E-state index in [9.17, 15) is 9.59 Å². The first kappa shape index (κ1) is 14.7. The van der Waals surface area contributed by atoms with Crippen LogP contribution in [-0.2, 0) is 13.6 Å².